The van der Waals surface area contributed by atoms with Gasteiger partial charge in [-0.1, -0.05) is 12.1 Å². The molecule has 1 aromatic carbocycles. The molecule has 1 amide bonds. The van der Waals surface area contributed by atoms with Crippen LogP contribution in [-0.2, 0) is 13.1 Å². The highest BCUT2D eigenvalue weighted by Gasteiger charge is 2.17. The molecule has 0 aliphatic rings. The first-order valence-electron chi connectivity index (χ1n) is 8.48. The lowest BCUT2D eigenvalue weighted by molar-refractivity contribution is -0.909. The third kappa shape index (κ3) is 4.00. The Morgan fingerprint density at radius 2 is 1.85 bits per heavy atom. The molecule has 136 valence electrons. The van der Waals surface area contributed by atoms with E-state index in [1.54, 1.807) is 7.05 Å². The van der Waals surface area contributed by atoms with E-state index in [1.165, 1.54) is 4.90 Å². The topological polar surface area (TPSA) is 85.6 Å². The van der Waals surface area contributed by atoms with Gasteiger partial charge in [0.2, 0.25) is 0 Å². The Balaban J connectivity index is 1.62. The van der Waals surface area contributed by atoms with E-state index in [0.717, 1.165) is 29.2 Å². The SMILES string of the molecule is CNC(=O)c1ccc(C[NH+](C)Cc2nnc(-c3cc(C)oc3C)o2)cc1. The predicted octanol–water partition coefficient (Wildman–Crippen LogP) is 1.52. The lowest BCUT2D eigenvalue weighted by atomic mass is 10.1. The number of quaternary nitrogens is 1. The molecular formula is C19H23N4O3+. The number of aromatic nitrogens is 2. The van der Waals surface area contributed by atoms with Crippen LogP contribution in [0.2, 0.25) is 0 Å². The molecule has 0 aliphatic carbocycles. The second-order valence-corrected chi connectivity index (χ2v) is 6.41. The van der Waals surface area contributed by atoms with Gasteiger partial charge < -0.3 is 19.1 Å². The predicted molar refractivity (Wildman–Crippen MR) is 95.6 cm³/mol. The molecule has 3 rings (SSSR count). The molecule has 0 fully saturated rings. The van der Waals surface area contributed by atoms with Gasteiger partial charge in [-0.25, -0.2) is 0 Å². The molecule has 3 aromatic rings. The van der Waals surface area contributed by atoms with Gasteiger partial charge in [-0.3, -0.25) is 4.79 Å². The summed E-state index contributed by atoms with van der Waals surface area (Å²) in [6.45, 7) is 5.17. The van der Waals surface area contributed by atoms with Gasteiger partial charge in [0.05, 0.1) is 12.6 Å². The Labute approximate surface area is 152 Å². The molecule has 2 heterocycles. The van der Waals surface area contributed by atoms with Crippen LogP contribution in [0.5, 0.6) is 0 Å². The largest absolute Gasteiger partial charge is 0.466 e. The summed E-state index contributed by atoms with van der Waals surface area (Å²) in [5.41, 5.74) is 2.63. The summed E-state index contributed by atoms with van der Waals surface area (Å²) >= 11 is 0. The minimum atomic E-state index is -0.0829. The van der Waals surface area contributed by atoms with Crippen LogP contribution < -0.4 is 10.2 Å². The van der Waals surface area contributed by atoms with Crippen molar-refractivity contribution in [2.75, 3.05) is 14.1 Å². The minimum Gasteiger partial charge on any atom is -0.466 e. The summed E-state index contributed by atoms with van der Waals surface area (Å²) in [5.74, 6) is 2.57. The maximum atomic E-state index is 11.6. The van der Waals surface area contributed by atoms with Gasteiger partial charge in [-0.15, -0.1) is 10.2 Å². The number of aryl methyl sites for hydroxylation is 2. The molecule has 0 spiro atoms. The fraction of sp³-hybridized carbons (Fsp3) is 0.316. The normalized spacial score (nSPS) is 12.2. The molecule has 0 radical (unpaired) electrons. The fourth-order valence-electron chi connectivity index (χ4n) is 2.86. The first-order valence-corrected chi connectivity index (χ1v) is 8.48. The maximum absolute atomic E-state index is 11.6. The monoisotopic (exact) mass is 355 g/mol. The van der Waals surface area contributed by atoms with Crippen LogP contribution in [0.1, 0.15) is 33.3 Å². The molecule has 0 bridgehead atoms. The van der Waals surface area contributed by atoms with Crippen LogP contribution in [0.4, 0.5) is 0 Å². The van der Waals surface area contributed by atoms with Crippen LogP contribution in [0.15, 0.2) is 39.2 Å². The Morgan fingerprint density at radius 1 is 1.12 bits per heavy atom. The van der Waals surface area contributed by atoms with E-state index in [-0.39, 0.29) is 5.91 Å². The Kier molecular flexibility index (Phi) is 5.18. The lowest BCUT2D eigenvalue weighted by Crippen LogP contribution is -3.06. The van der Waals surface area contributed by atoms with Gasteiger partial charge >= 0.3 is 0 Å². The number of nitrogens with zero attached hydrogens (tertiary/aromatic N) is 2. The number of hydrogen-bond acceptors (Lipinski definition) is 5. The van der Waals surface area contributed by atoms with Crippen molar-refractivity contribution >= 4 is 5.91 Å². The van der Waals surface area contributed by atoms with E-state index in [0.29, 0.717) is 23.9 Å². The van der Waals surface area contributed by atoms with Gasteiger partial charge in [0.15, 0.2) is 6.54 Å². The van der Waals surface area contributed by atoms with E-state index < -0.39 is 0 Å². The Bertz CT molecular complexity index is 896. The van der Waals surface area contributed by atoms with Gasteiger partial charge in [-0.2, -0.15) is 0 Å². The summed E-state index contributed by atoms with van der Waals surface area (Å²) < 4.78 is 11.3. The number of carbonyl (C=O) groups is 1. The smallest absolute Gasteiger partial charge is 0.271 e. The van der Waals surface area contributed by atoms with Crippen LogP contribution in [0.3, 0.4) is 0 Å². The first kappa shape index (κ1) is 17.9. The van der Waals surface area contributed by atoms with Crippen molar-refractivity contribution in [3.05, 3.63) is 58.9 Å². The highest BCUT2D eigenvalue weighted by atomic mass is 16.4. The second kappa shape index (κ2) is 7.53. The minimum absolute atomic E-state index is 0.0829. The van der Waals surface area contributed by atoms with Crippen LogP contribution in [-0.4, -0.2) is 30.2 Å². The van der Waals surface area contributed by atoms with Crippen molar-refractivity contribution in [3.63, 3.8) is 0 Å². The third-order valence-electron chi connectivity index (χ3n) is 4.14. The number of nitrogens with one attached hydrogen (secondary N) is 2. The first-order chi connectivity index (χ1) is 12.5. The number of furan rings is 1. The average molecular weight is 355 g/mol. The molecule has 2 aromatic heterocycles. The summed E-state index contributed by atoms with van der Waals surface area (Å²) in [6.07, 6.45) is 0. The third-order valence-corrected chi connectivity index (χ3v) is 4.14. The average Bonchev–Trinajstić information content (AvgIpc) is 3.20. The molecule has 0 aliphatic heterocycles. The highest BCUT2D eigenvalue weighted by Crippen LogP contribution is 2.25. The maximum Gasteiger partial charge on any atom is 0.271 e. The molecule has 7 nitrogen and oxygen atoms in total. The Morgan fingerprint density at radius 3 is 2.46 bits per heavy atom. The van der Waals surface area contributed by atoms with Crippen molar-refractivity contribution in [2.24, 2.45) is 0 Å². The zero-order valence-corrected chi connectivity index (χ0v) is 15.4. The summed E-state index contributed by atoms with van der Waals surface area (Å²) in [7, 11) is 3.68. The van der Waals surface area contributed by atoms with Crippen LogP contribution in [0, 0.1) is 13.8 Å². The van der Waals surface area contributed by atoms with Crippen molar-refractivity contribution in [1.82, 2.24) is 15.5 Å². The van der Waals surface area contributed by atoms with Crippen LogP contribution in [0.25, 0.3) is 11.5 Å². The molecule has 2 N–H and O–H groups in total. The van der Waals surface area contributed by atoms with Crippen molar-refractivity contribution in [1.29, 1.82) is 0 Å². The van der Waals surface area contributed by atoms with Gasteiger partial charge in [0.25, 0.3) is 17.7 Å². The summed E-state index contributed by atoms with van der Waals surface area (Å²) in [5, 5.41) is 10.9. The van der Waals surface area contributed by atoms with Gasteiger partial charge in [0.1, 0.15) is 18.1 Å². The Hall–Kier alpha value is -2.93. The molecule has 1 atom stereocenters. The van der Waals surface area contributed by atoms with E-state index in [2.05, 4.69) is 22.6 Å². The molecule has 26 heavy (non-hydrogen) atoms. The van der Waals surface area contributed by atoms with E-state index in [4.69, 9.17) is 8.83 Å². The number of hydrogen-bond donors (Lipinski definition) is 2. The van der Waals surface area contributed by atoms with Gasteiger partial charge in [-0.05, 0) is 32.0 Å². The van der Waals surface area contributed by atoms with Crippen molar-refractivity contribution in [2.45, 2.75) is 26.9 Å². The van der Waals surface area contributed by atoms with Crippen molar-refractivity contribution in [3.8, 4) is 11.5 Å². The zero-order valence-electron chi connectivity index (χ0n) is 15.4. The fourth-order valence-corrected chi connectivity index (χ4v) is 2.86. The van der Waals surface area contributed by atoms with Crippen LogP contribution >= 0.6 is 0 Å². The standard InChI is InChI=1S/C19H22N4O3/c1-12-9-16(13(2)25-12)19-22-21-17(26-19)11-23(4)10-14-5-7-15(8-6-14)18(24)20-3/h5-9H,10-11H2,1-4H3,(H,20,24)/p+1. The van der Waals surface area contributed by atoms with Crippen molar-refractivity contribution < 1.29 is 18.5 Å². The lowest BCUT2D eigenvalue weighted by Gasteiger charge is -2.12. The number of benzene rings is 1. The van der Waals surface area contributed by atoms with E-state index in [9.17, 15) is 4.79 Å². The highest BCUT2D eigenvalue weighted by molar-refractivity contribution is 5.93. The molecule has 0 saturated heterocycles. The molecule has 0 saturated carbocycles. The number of carbonyl (C=O) groups excluding carboxylic acids is 1. The molecular weight excluding hydrogens is 332 g/mol. The van der Waals surface area contributed by atoms with E-state index in [1.807, 2.05) is 44.2 Å². The number of amides is 1. The molecule has 1 unspecified atom stereocenters. The second-order valence-electron chi connectivity index (χ2n) is 6.41. The summed E-state index contributed by atoms with van der Waals surface area (Å²) in [4.78, 5) is 12.8. The zero-order chi connectivity index (χ0) is 18.7. The quantitative estimate of drug-likeness (QED) is 0.700. The van der Waals surface area contributed by atoms with E-state index >= 15 is 0 Å². The van der Waals surface area contributed by atoms with Gasteiger partial charge in [0, 0.05) is 18.2 Å². The molecule has 7 heteroatoms. The number of rotatable bonds is 6. The summed E-state index contributed by atoms with van der Waals surface area (Å²) in [6, 6.07) is 9.49.